The number of rotatable bonds is 2. The number of hydrogen-bond acceptors (Lipinski definition) is 1. The number of carbonyl (C=O) groups is 1. The van der Waals surface area contributed by atoms with E-state index in [2.05, 4.69) is 18.8 Å². The zero-order chi connectivity index (χ0) is 7.98. The fraction of sp³-hybridized carbons (Fsp3) is 0.667. The fourth-order valence-electron chi connectivity index (χ4n) is 0.419. The largest absolute Gasteiger partial charge is 0.285 e. The lowest BCUT2D eigenvalue weighted by Gasteiger charge is -1.91. The lowest BCUT2D eigenvalue weighted by atomic mass is 10.1. The Balaban J connectivity index is 3.69. The Hall–Kier alpha value is -0.770. The van der Waals surface area contributed by atoms with Gasteiger partial charge in [-0.1, -0.05) is 26.7 Å². The second kappa shape index (κ2) is 5.05. The van der Waals surface area contributed by atoms with Crippen LogP contribution in [0.15, 0.2) is 0 Å². The van der Waals surface area contributed by atoms with Gasteiger partial charge < -0.3 is 0 Å². The molecule has 0 saturated carbocycles. The minimum absolute atomic E-state index is 0.0495. The molecule has 0 unspecified atom stereocenters. The summed E-state index contributed by atoms with van der Waals surface area (Å²) in [7, 11) is 0. The Morgan fingerprint density at radius 3 is 2.50 bits per heavy atom. The first-order valence-corrected chi connectivity index (χ1v) is 3.71. The van der Waals surface area contributed by atoms with Gasteiger partial charge in [-0.15, -0.1) is 0 Å². The van der Waals surface area contributed by atoms with Gasteiger partial charge in [0.05, 0.1) is 0 Å². The lowest BCUT2D eigenvalue weighted by Crippen LogP contribution is -2.02. The summed E-state index contributed by atoms with van der Waals surface area (Å²) in [6.07, 6.45) is 1.86. The van der Waals surface area contributed by atoms with Crippen molar-refractivity contribution in [2.45, 2.75) is 33.6 Å². The average Bonchev–Trinajstić information content (AvgIpc) is 1.88. The van der Waals surface area contributed by atoms with Crippen LogP contribution in [0.4, 0.5) is 0 Å². The maximum atomic E-state index is 10.8. The molecule has 0 aromatic heterocycles. The van der Waals surface area contributed by atoms with E-state index in [1.807, 2.05) is 13.8 Å². The van der Waals surface area contributed by atoms with Crippen LogP contribution in [-0.4, -0.2) is 5.78 Å². The number of carbonyl (C=O) groups excluding carboxylic acids is 1. The van der Waals surface area contributed by atoms with E-state index in [0.717, 1.165) is 12.8 Å². The molecule has 0 amide bonds. The second-order valence-corrected chi connectivity index (χ2v) is 2.57. The first kappa shape index (κ1) is 9.23. The molecule has 0 bridgehead atoms. The normalized spacial score (nSPS) is 8.80. The first-order chi connectivity index (χ1) is 4.68. The van der Waals surface area contributed by atoms with E-state index in [1.54, 1.807) is 0 Å². The molecule has 0 rings (SSSR count). The summed E-state index contributed by atoms with van der Waals surface area (Å²) < 4.78 is 0. The molecule has 10 heavy (non-hydrogen) atoms. The molecular weight excluding hydrogens is 124 g/mol. The van der Waals surface area contributed by atoms with Gasteiger partial charge in [0.2, 0.25) is 5.78 Å². The zero-order valence-electron chi connectivity index (χ0n) is 6.90. The van der Waals surface area contributed by atoms with Gasteiger partial charge >= 0.3 is 0 Å². The molecule has 0 spiro atoms. The molecule has 0 aliphatic rings. The molecule has 0 aromatic rings. The van der Waals surface area contributed by atoms with Crippen molar-refractivity contribution in [3.63, 3.8) is 0 Å². The standard InChI is InChI=1S/C9H14O/c1-4-5-6-7-9(10)8(2)3/h8H,4-5H2,1-3H3. The Kier molecular flexibility index (Phi) is 4.66. The molecule has 0 aliphatic carbocycles. The smallest absolute Gasteiger partial charge is 0.207 e. The quantitative estimate of drug-likeness (QED) is 0.421. The molecule has 1 nitrogen and oxygen atoms in total. The Morgan fingerprint density at radius 1 is 1.50 bits per heavy atom. The number of Topliss-reactive ketones (excluding diaryl/α,β-unsaturated/α-hetero) is 1. The van der Waals surface area contributed by atoms with Crippen LogP contribution < -0.4 is 0 Å². The Morgan fingerprint density at radius 2 is 2.10 bits per heavy atom. The third-order valence-corrected chi connectivity index (χ3v) is 1.11. The molecule has 0 radical (unpaired) electrons. The maximum Gasteiger partial charge on any atom is 0.207 e. The summed E-state index contributed by atoms with van der Waals surface area (Å²) in [5.74, 6) is 5.52. The van der Waals surface area contributed by atoms with Gasteiger partial charge in [0.15, 0.2) is 0 Å². The van der Waals surface area contributed by atoms with Crippen molar-refractivity contribution in [3.8, 4) is 11.8 Å². The van der Waals surface area contributed by atoms with E-state index in [4.69, 9.17) is 0 Å². The van der Waals surface area contributed by atoms with Crippen LogP contribution in [0.2, 0.25) is 0 Å². The van der Waals surface area contributed by atoms with Crippen LogP contribution in [0.25, 0.3) is 0 Å². The van der Waals surface area contributed by atoms with Crippen molar-refractivity contribution in [2.75, 3.05) is 0 Å². The van der Waals surface area contributed by atoms with E-state index in [9.17, 15) is 4.79 Å². The van der Waals surface area contributed by atoms with Crippen molar-refractivity contribution >= 4 is 5.78 Å². The van der Waals surface area contributed by atoms with Gasteiger partial charge in [-0.3, -0.25) is 4.79 Å². The van der Waals surface area contributed by atoms with Gasteiger partial charge in [0, 0.05) is 12.3 Å². The molecular formula is C9H14O. The lowest BCUT2D eigenvalue weighted by molar-refractivity contribution is -0.116. The topological polar surface area (TPSA) is 17.1 Å². The highest BCUT2D eigenvalue weighted by molar-refractivity contribution is 5.96. The Bertz CT molecular complexity index is 157. The minimum atomic E-state index is 0.0495. The maximum absolute atomic E-state index is 10.8. The van der Waals surface area contributed by atoms with E-state index >= 15 is 0 Å². The molecule has 0 N–H and O–H groups in total. The van der Waals surface area contributed by atoms with Gasteiger partial charge in [-0.05, 0) is 12.3 Å². The Labute approximate surface area is 62.8 Å². The van der Waals surface area contributed by atoms with Crippen molar-refractivity contribution in [1.82, 2.24) is 0 Å². The molecule has 0 atom stereocenters. The predicted molar refractivity (Wildman–Crippen MR) is 42.5 cm³/mol. The number of hydrogen-bond donors (Lipinski definition) is 0. The van der Waals surface area contributed by atoms with Crippen molar-refractivity contribution in [1.29, 1.82) is 0 Å². The van der Waals surface area contributed by atoms with Crippen molar-refractivity contribution in [2.24, 2.45) is 5.92 Å². The van der Waals surface area contributed by atoms with Crippen LogP contribution in [0.3, 0.4) is 0 Å². The fourth-order valence-corrected chi connectivity index (χ4v) is 0.419. The highest BCUT2D eigenvalue weighted by Crippen LogP contribution is 1.92. The molecule has 0 heterocycles. The summed E-state index contributed by atoms with van der Waals surface area (Å²) in [6, 6.07) is 0. The van der Waals surface area contributed by atoms with E-state index in [-0.39, 0.29) is 11.7 Å². The van der Waals surface area contributed by atoms with Crippen LogP contribution in [0, 0.1) is 17.8 Å². The first-order valence-electron chi connectivity index (χ1n) is 3.71. The molecule has 0 fully saturated rings. The average molecular weight is 138 g/mol. The molecule has 1 heteroatoms. The van der Waals surface area contributed by atoms with Gasteiger partial charge in [0.25, 0.3) is 0 Å². The second-order valence-electron chi connectivity index (χ2n) is 2.57. The third-order valence-electron chi connectivity index (χ3n) is 1.11. The van der Waals surface area contributed by atoms with Crippen LogP contribution in [0.5, 0.6) is 0 Å². The molecule has 0 aliphatic heterocycles. The van der Waals surface area contributed by atoms with Gasteiger partial charge in [-0.2, -0.15) is 0 Å². The summed E-state index contributed by atoms with van der Waals surface area (Å²) in [5.41, 5.74) is 0. The van der Waals surface area contributed by atoms with E-state index < -0.39 is 0 Å². The minimum Gasteiger partial charge on any atom is -0.285 e. The van der Waals surface area contributed by atoms with Crippen molar-refractivity contribution in [3.05, 3.63) is 0 Å². The van der Waals surface area contributed by atoms with Gasteiger partial charge in [-0.25, -0.2) is 0 Å². The van der Waals surface area contributed by atoms with E-state index in [1.165, 1.54) is 0 Å². The summed E-state index contributed by atoms with van der Waals surface area (Å²) in [6.45, 7) is 5.78. The highest BCUT2D eigenvalue weighted by atomic mass is 16.1. The van der Waals surface area contributed by atoms with Crippen LogP contribution in [0.1, 0.15) is 33.6 Å². The summed E-state index contributed by atoms with van der Waals surface area (Å²) >= 11 is 0. The van der Waals surface area contributed by atoms with Crippen molar-refractivity contribution < 1.29 is 4.79 Å². The molecule has 0 saturated heterocycles. The highest BCUT2D eigenvalue weighted by Gasteiger charge is 2.00. The van der Waals surface area contributed by atoms with Gasteiger partial charge in [0.1, 0.15) is 0 Å². The predicted octanol–water partition coefficient (Wildman–Crippen LogP) is 2.01. The summed E-state index contributed by atoms with van der Waals surface area (Å²) in [5, 5.41) is 0. The number of unbranched alkanes of at least 4 members (excludes halogenated alkanes) is 1. The monoisotopic (exact) mass is 138 g/mol. The van der Waals surface area contributed by atoms with Crippen LogP contribution >= 0.6 is 0 Å². The molecule has 56 valence electrons. The van der Waals surface area contributed by atoms with E-state index in [0.29, 0.717) is 0 Å². The molecule has 0 aromatic carbocycles. The van der Waals surface area contributed by atoms with Crippen LogP contribution in [-0.2, 0) is 4.79 Å². The zero-order valence-corrected chi connectivity index (χ0v) is 6.90. The third kappa shape index (κ3) is 4.14. The summed E-state index contributed by atoms with van der Waals surface area (Å²) in [4.78, 5) is 10.8. The number of ketones is 1. The SMILES string of the molecule is CCCC#CC(=O)C(C)C.